The maximum Gasteiger partial charge on any atom is 0.148 e. The van der Waals surface area contributed by atoms with Crippen LogP contribution in [0.3, 0.4) is 0 Å². The smallest absolute Gasteiger partial charge is 0.148 e. The van der Waals surface area contributed by atoms with Crippen LogP contribution in [-0.2, 0) is 0 Å². The molecule has 0 amide bonds. The molecule has 0 heterocycles. The Kier molecular flexibility index (Phi) is 5.26. The number of nitrogens with two attached hydrogens (primary N) is 1. The molecular weight excluding hydrogens is 215 g/mol. The molecule has 1 unspecified atom stereocenters. The third-order valence-electron chi connectivity index (χ3n) is 2.87. The van der Waals surface area contributed by atoms with Gasteiger partial charge in [-0.05, 0) is 31.4 Å². The lowest BCUT2D eigenvalue weighted by atomic mass is 10.0. The van der Waals surface area contributed by atoms with Gasteiger partial charge in [0.25, 0.3) is 0 Å². The molecule has 0 saturated heterocycles. The quantitative estimate of drug-likeness (QED) is 0.734. The van der Waals surface area contributed by atoms with Gasteiger partial charge in [-0.3, -0.25) is 0 Å². The second kappa shape index (κ2) is 6.48. The molecule has 1 atom stereocenters. The van der Waals surface area contributed by atoms with Crippen molar-refractivity contribution in [1.29, 1.82) is 0 Å². The van der Waals surface area contributed by atoms with E-state index in [1.54, 1.807) is 6.07 Å². The molecule has 1 aromatic rings. The van der Waals surface area contributed by atoms with Crippen molar-refractivity contribution in [3.8, 4) is 0 Å². The topological polar surface area (TPSA) is 38.0 Å². The van der Waals surface area contributed by atoms with Gasteiger partial charge in [0.15, 0.2) is 0 Å². The van der Waals surface area contributed by atoms with Crippen LogP contribution in [-0.4, -0.2) is 6.04 Å². The number of hydrogen-bond donors (Lipinski definition) is 2. The Bertz CT molecular complexity index is 350. The van der Waals surface area contributed by atoms with Gasteiger partial charge in [0.05, 0.1) is 11.4 Å². The highest BCUT2D eigenvalue weighted by molar-refractivity contribution is 5.66. The van der Waals surface area contributed by atoms with E-state index in [2.05, 4.69) is 26.1 Å². The molecule has 0 saturated carbocycles. The third-order valence-corrected chi connectivity index (χ3v) is 2.87. The van der Waals surface area contributed by atoms with Crippen molar-refractivity contribution in [2.75, 3.05) is 11.1 Å². The van der Waals surface area contributed by atoms with Gasteiger partial charge >= 0.3 is 0 Å². The summed E-state index contributed by atoms with van der Waals surface area (Å²) in [5.74, 6) is 0.380. The highest BCUT2D eigenvalue weighted by Gasteiger charge is 2.07. The van der Waals surface area contributed by atoms with Crippen LogP contribution in [0.4, 0.5) is 15.8 Å². The van der Waals surface area contributed by atoms with E-state index in [9.17, 15) is 4.39 Å². The first kappa shape index (κ1) is 13.8. The molecule has 0 bridgehead atoms. The zero-order chi connectivity index (χ0) is 12.8. The normalized spacial score (nSPS) is 12.8. The van der Waals surface area contributed by atoms with Gasteiger partial charge in [0, 0.05) is 6.04 Å². The van der Waals surface area contributed by atoms with Crippen LogP contribution >= 0.6 is 0 Å². The average molecular weight is 238 g/mol. The Hall–Kier alpha value is -1.25. The molecule has 0 aliphatic rings. The van der Waals surface area contributed by atoms with Crippen LogP contribution in [0.1, 0.15) is 40.0 Å². The lowest BCUT2D eigenvalue weighted by molar-refractivity contribution is 0.520. The number of halogens is 1. The van der Waals surface area contributed by atoms with Gasteiger partial charge in [0.2, 0.25) is 0 Å². The zero-order valence-corrected chi connectivity index (χ0v) is 11.0. The Labute approximate surface area is 103 Å². The number of benzene rings is 1. The number of nitrogen functional groups attached to an aromatic ring is 1. The Balaban J connectivity index is 2.45. The Morgan fingerprint density at radius 1 is 1.24 bits per heavy atom. The maximum absolute atomic E-state index is 13.2. The van der Waals surface area contributed by atoms with Crippen LogP contribution in [0.2, 0.25) is 0 Å². The molecule has 1 rings (SSSR count). The summed E-state index contributed by atoms with van der Waals surface area (Å²) in [6.07, 6.45) is 3.49. The van der Waals surface area contributed by atoms with E-state index in [1.165, 1.54) is 18.9 Å². The summed E-state index contributed by atoms with van der Waals surface area (Å²) in [5.41, 5.74) is 6.58. The van der Waals surface area contributed by atoms with Crippen molar-refractivity contribution < 1.29 is 4.39 Å². The van der Waals surface area contributed by atoms with E-state index in [0.29, 0.717) is 11.7 Å². The molecule has 3 heteroatoms. The van der Waals surface area contributed by atoms with Crippen molar-refractivity contribution in [3.05, 3.63) is 24.0 Å². The minimum Gasteiger partial charge on any atom is -0.395 e. The van der Waals surface area contributed by atoms with E-state index in [-0.39, 0.29) is 11.5 Å². The number of rotatable bonds is 6. The van der Waals surface area contributed by atoms with Gasteiger partial charge < -0.3 is 11.1 Å². The first-order valence-electron chi connectivity index (χ1n) is 6.31. The Morgan fingerprint density at radius 2 is 1.94 bits per heavy atom. The maximum atomic E-state index is 13.2. The van der Waals surface area contributed by atoms with E-state index in [1.807, 2.05) is 6.07 Å². The lowest BCUT2D eigenvalue weighted by Gasteiger charge is -2.17. The molecule has 0 aliphatic carbocycles. The van der Waals surface area contributed by atoms with E-state index >= 15 is 0 Å². The minimum atomic E-state index is -0.357. The largest absolute Gasteiger partial charge is 0.395 e. The average Bonchev–Trinajstić information content (AvgIpc) is 2.24. The molecule has 0 fully saturated rings. The monoisotopic (exact) mass is 238 g/mol. The molecule has 3 N–H and O–H groups in total. The molecule has 2 nitrogen and oxygen atoms in total. The van der Waals surface area contributed by atoms with Crippen molar-refractivity contribution in [3.63, 3.8) is 0 Å². The summed E-state index contributed by atoms with van der Waals surface area (Å²) in [6, 6.07) is 5.19. The first-order valence-corrected chi connectivity index (χ1v) is 6.31. The van der Waals surface area contributed by atoms with Gasteiger partial charge in [-0.2, -0.15) is 0 Å². The molecule has 1 aromatic carbocycles. The first-order chi connectivity index (χ1) is 8.00. The molecule has 0 spiro atoms. The summed E-state index contributed by atoms with van der Waals surface area (Å²) in [6.45, 7) is 6.55. The van der Waals surface area contributed by atoms with E-state index in [0.717, 1.165) is 12.3 Å². The summed E-state index contributed by atoms with van der Waals surface area (Å²) in [4.78, 5) is 0. The molecule has 0 aliphatic heterocycles. The molecule has 0 radical (unpaired) electrons. The highest BCUT2D eigenvalue weighted by Crippen LogP contribution is 2.22. The van der Waals surface area contributed by atoms with Crippen LogP contribution in [0.15, 0.2) is 18.2 Å². The van der Waals surface area contributed by atoms with Gasteiger partial charge in [-0.15, -0.1) is 0 Å². The number of anilines is 2. The predicted octanol–water partition coefficient (Wildman–Crippen LogP) is 4.03. The fourth-order valence-corrected chi connectivity index (χ4v) is 1.83. The summed E-state index contributed by atoms with van der Waals surface area (Å²) in [5, 5.41) is 3.26. The SMILES string of the molecule is CC(C)CCCC(C)Nc1cccc(F)c1N. The summed E-state index contributed by atoms with van der Waals surface area (Å²) >= 11 is 0. The molecular formula is C14H23FN2. The van der Waals surface area contributed by atoms with Crippen LogP contribution in [0.5, 0.6) is 0 Å². The highest BCUT2D eigenvalue weighted by atomic mass is 19.1. The second-order valence-electron chi connectivity index (χ2n) is 5.07. The van der Waals surface area contributed by atoms with Crippen molar-refractivity contribution in [1.82, 2.24) is 0 Å². The van der Waals surface area contributed by atoms with Crippen molar-refractivity contribution in [2.45, 2.75) is 46.1 Å². The zero-order valence-electron chi connectivity index (χ0n) is 11.0. The Morgan fingerprint density at radius 3 is 2.59 bits per heavy atom. The minimum absolute atomic E-state index is 0.211. The molecule has 96 valence electrons. The van der Waals surface area contributed by atoms with Gasteiger partial charge in [0.1, 0.15) is 5.82 Å². The number of hydrogen-bond acceptors (Lipinski definition) is 2. The fourth-order valence-electron chi connectivity index (χ4n) is 1.83. The van der Waals surface area contributed by atoms with Crippen molar-refractivity contribution in [2.24, 2.45) is 5.92 Å². The second-order valence-corrected chi connectivity index (χ2v) is 5.07. The lowest BCUT2D eigenvalue weighted by Crippen LogP contribution is -2.16. The van der Waals surface area contributed by atoms with E-state index < -0.39 is 0 Å². The standard InChI is InChI=1S/C14H23FN2/c1-10(2)6-4-7-11(3)17-13-9-5-8-12(15)14(13)16/h5,8-11,17H,4,6-7,16H2,1-3H3. The summed E-state index contributed by atoms with van der Waals surface area (Å²) < 4.78 is 13.2. The van der Waals surface area contributed by atoms with Gasteiger partial charge in [-0.25, -0.2) is 4.39 Å². The predicted molar refractivity (Wildman–Crippen MR) is 72.6 cm³/mol. The number of para-hydroxylation sites is 1. The van der Waals surface area contributed by atoms with Crippen LogP contribution < -0.4 is 11.1 Å². The molecule has 17 heavy (non-hydrogen) atoms. The third kappa shape index (κ3) is 4.63. The van der Waals surface area contributed by atoms with Crippen LogP contribution in [0, 0.1) is 11.7 Å². The number of nitrogens with one attached hydrogen (secondary N) is 1. The van der Waals surface area contributed by atoms with Gasteiger partial charge in [-0.1, -0.05) is 32.8 Å². The van der Waals surface area contributed by atoms with Crippen LogP contribution in [0.25, 0.3) is 0 Å². The fraction of sp³-hybridized carbons (Fsp3) is 0.571. The molecule has 0 aromatic heterocycles. The summed E-state index contributed by atoms with van der Waals surface area (Å²) in [7, 11) is 0. The van der Waals surface area contributed by atoms with Crippen molar-refractivity contribution >= 4 is 11.4 Å². The van der Waals surface area contributed by atoms with E-state index in [4.69, 9.17) is 5.73 Å².